The van der Waals surface area contributed by atoms with E-state index in [0.717, 1.165) is 16.9 Å². The number of benzene rings is 2. The van der Waals surface area contributed by atoms with E-state index in [2.05, 4.69) is 24.5 Å². The van der Waals surface area contributed by atoms with Crippen molar-refractivity contribution in [2.75, 3.05) is 11.9 Å². The molecular weight excluding hydrogens is 390 g/mol. The molecule has 2 N–H and O–H groups in total. The predicted octanol–water partition coefficient (Wildman–Crippen LogP) is 4.26. The maximum atomic E-state index is 13.0. The highest BCUT2D eigenvalue weighted by Gasteiger charge is 2.49. The molecule has 1 aliphatic heterocycles. The fraction of sp³-hybridized carbons (Fsp3) is 0.318. The lowest BCUT2D eigenvalue weighted by molar-refractivity contribution is -0.133. The number of amides is 4. The first-order valence-corrected chi connectivity index (χ1v) is 9.93. The number of urea groups is 1. The predicted molar refractivity (Wildman–Crippen MR) is 113 cm³/mol. The summed E-state index contributed by atoms with van der Waals surface area (Å²) in [5.74, 6) is -0.629. The van der Waals surface area contributed by atoms with Gasteiger partial charge in [-0.3, -0.25) is 14.5 Å². The first-order valence-electron chi connectivity index (χ1n) is 9.55. The van der Waals surface area contributed by atoms with Crippen molar-refractivity contribution >= 4 is 35.1 Å². The summed E-state index contributed by atoms with van der Waals surface area (Å²) in [7, 11) is 0. The summed E-state index contributed by atoms with van der Waals surface area (Å²) in [5.41, 5.74) is 1.08. The first-order chi connectivity index (χ1) is 13.8. The molecule has 7 heteroatoms. The SMILES string of the molecule is CC[C@H](C)c1ccccc1NC(=O)CN1C(=O)N[C@@](C)(c2ccc(Cl)cc2)C1=O. The molecule has 2 aromatic carbocycles. The second-order valence-corrected chi connectivity index (χ2v) is 7.83. The number of hydrogen-bond donors (Lipinski definition) is 2. The highest BCUT2D eigenvalue weighted by Crippen LogP contribution is 2.30. The zero-order valence-electron chi connectivity index (χ0n) is 16.7. The molecule has 0 bridgehead atoms. The summed E-state index contributed by atoms with van der Waals surface area (Å²) in [4.78, 5) is 39.0. The van der Waals surface area contributed by atoms with Crippen LogP contribution in [-0.4, -0.2) is 29.3 Å². The van der Waals surface area contributed by atoms with Crippen molar-refractivity contribution in [2.45, 2.75) is 38.6 Å². The van der Waals surface area contributed by atoms with E-state index in [-0.39, 0.29) is 12.5 Å². The Kier molecular flexibility index (Phi) is 5.94. The van der Waals surface area contributed by atoms with Crippen LogP contribution in [0.1, 0.15) is 44.2 Å². The van der Waals surface area contributed by atoms with Gasteiger partial charge in [-0.1, -0.05) is 55.8 Å². The van der Waals surface area contributed by atoms with E-state index in [1.54, 1.807) is 31.2 Å². The van der Waals surface area contributed by atoms with E-state index < -0.39 is 23.4 Å². The number of para-hydroxylation sites is 1. The number of carbonyl (C=O) groups excluding carboxylic acids is 3. The molecular formula is C22H24ClN3O3. The Bertz CT molecular complexity index is 945. The maximum absolute atomic E-state index is 13.0. The molecule has 0 unspecified atom stereocenters. The molecule has 152 valence electrons. The number of nitrogens with one attached hydrogen (secondary N) is 2. The summed E-state index contributed by atoms with van der Waals surface area (Å²) in [6.07, 6.45) is 0.930. The molecule has 3 rings (SSSR count). The molecule has 0 radical (unpaired) electrons. The van der Waals surface area contributed by atoms with Crippen LogP contribution in [-0.2, 0) is 15.1 Å². The Labute approximate surface area is 175 Å². The highest BCUT2D eigenvalue weighted by atomic mass is 35.5. The molecule has 6 nitrogen and oxygen atoms in total. The van der Waals surface area contributed by atoms with E-state index in [4.69, 9.17) is 11.6 Å². The molecule has 1 heterocycles. The van der Waals surface area contributed by atoms with Gasteiger partial charge in [0, 0.05) is 10.7 Å². The standard InChI is InChI=1S/C22H24ClN3O3/c1-4-14(2)17-7-5-6-8-18(17)24-19(27)13-26-20(28)22(3,25-21(26)29)15-9-11-16(23)12-10-15/h5-12,14H,4,13H2,1-3H3,(H,24,27)(H,25,29)/t14-,22-/m0/s1. The monoisotopic (exact) mass is 413 g/mol. The number of imide groups is 1. The van der Waals surface area contributed by atoms with Crippen molar-refractivity contribution in [3.05, 3.63) is 64.7 Å². The third kappa shape index (κ3) is 4.12. The van der Waals surface area contributed by atoms with Crippen LogP contribution in [0.15, 0.2) is 48.5 Å². The van der Waals surface area contributed by atoms with Crippen LogP contribution in [0.5, 0.6) is 0 Å². The smallest absolute Gasteiger partial charge is 0.324 e. The van der Waals surface area contributed by atoms with Gasteiger partial charge in [0.25, 0.3) is 5.91 Å². The summed E-state index contributed by atoms with van der Waals surface area (Å²) in [6, 6.07) is 13.6. The minimum atomic E-state index is -1.24. The minimum absolute atomic E-state index is 0.274. The largest absolute Gasteiger partial charge is 0.325 e. The number of rotatable bonds is 6. The lowest BCUT2D eigenvalue weighted by Gasteiger charge is -2.22. The Morgan fingerprint density at radius 1 is 1.17 bits per heavy atom. The molecule has 0 aromatic heterocycles. The van der Waals surface area contributed by atoms with Gasteiger partial charge in [0.05, 0.1) is 0 Å². The van der Waals surface area contributed by atoms with Gasteiger partial charge in [-0.15, -0.1) is 0 Å². The van der Waals surface area contributed by atoms with E-state index in [9.17, 15) is 14.4 Å². The van der Waals surface area contributed by atoms with E-state index in [0.29, 0.717) is 16.3 Å². The van der Waals surface area contributed by atoms with Gasteiger partial charge >= 0.3 is 6.03 Å². The zero-order chi connectivity index (χ0) is 21.2. The number of nitrogens with zero attached hydrogens (tertiary/aromatic N) is 1. The second-order valence-electron chi connectivity index (χ2n) is 7.40. The maximum Gasteiger partial charge on any atom is 0.325 e. The Morgan fingerprint density at radius 2 is 1.83 bits per heavy atom. The topological polar surface area (TPSA) is 78.5 Å². The number of anilines is 1. The number of halogens is 1. The molecule has 1 saturated heterocycles. The van der Waals surface area contributed by atoms with Crippen LogP contribution in [0, 0.1) is 0 Å². The first kappa shape index (κ1) is 20.9. The highest BCUT2D eigenvalue weighted by molar-refractivity contribution is 6.30. The Balaban J connectivity index is 1.75. The molecule has 0 aliphatic carbocycles. The molecule has 0 spiro atoms. The van der Waals surface area contributed by atoms with Crippen LogP contribution in [0.3, 0.4) is 0 Å². The van der Waals surface area contributed by atoms with Gasteiger partial charge in [0.1, 0.15) is 12.1 Å². The van der Waals surface area contributed by atoms with Crippen LogP contribution in [0.2, 0.25) is 5.02 Å². The van der Waals surface area contributed by atoms with Crippen molar-refractivity contribution in [1.82, 2.24) is 10.2 Å². The summed E-state index contributed by atoms with van der Waals surface area (Å²) >= 11 is 5.91. The van der Waals surface area contributed by atoms with Crippen LogP contribution >= 0.6 is 11.6 Å². The van der Waals surface area contributed by atoms with E-state index in [1.165, 1.54) is 0 Å². The molecule has 4 amide bonds. The van der Waals surface area contributed by atoms with Crippen LogP contribution in [0.4, 0.5) is 10.5 Å². The number of carbonyl (C=O) groups is 3. The Morgan fingerprint density at radius 3 is 2.48 bits per heavy atom. The van der Waals surface area contributed by atoms with Gasteiger partial charge in [-0.25, -0.2) is 4.79 Å². The van der Waals surface area contributed by atoms with Crippen molar-refractivity contribution < 1.29 is 14.4 Å². The Hall–Kier alpha value is -2.86. The van der Waals surface area contributed by atoms with E-state index in [1.807, 2.05) is 24.3 Å². The molecule has 1 fully saturated rings. The normalized spacial score (nSPS) is 19.8. The van der Waals surface area contributed by atoms with E-state index >= 15 is 0 Å². The fourth-order valence-corrected chi connectivity index (χ4v) is 3.54. The third-order valence-electron chi connectivity index (χ3n) is 5.38. The van der Waals surface area contributed by atoms with Crippen molar-refractivity contribution in [2.24, 2.45) is 0 Å². The van der Waals surface area contributed by atoms with Gasteiger partial charge < -0.3 is 10.6 Å². The third-order valence-corrected chi connectivity index (χ3v) is 5.63. The average molecular weight is 414 g/mol. The average Bonchev–Trinajstić information content (AvgIpc) is 2.92. The second kappa shape index (κ2) is 8.25. The summed E-state index contributed by atoms with van der Waals surface area (Å²) < 4.78 is 0. The summed E-state index contributed by atoms with van der Waals surface area (Å²) in [6.45, 7) is 5.42. The van der Waals surface area contributed by atoms with Crippen molar-refractivity contribution in [1.29, 1.82) is 0 Å². The fourth-order valence-electron chi connectivity index (χ4n) is 3.41. The molecule has 29 heavy (non-hydrogen) atoms. The van der Waals surface area contributed by atoms with Gasteiger partial charge in [-0.05, 0) is 48.6 Å². The zero-order valence-corrected chi connectivity index (χ0v) is 17.4. The molecule has 2 aromatic rings. The minimum Gasteiger partial charge on any atom is -0.324 e. The van der Waals surface area contributed by atoms with Crippen molar-refractivity contribution in [3.63, 3.8) is 0 Å². The molecule has 1 aliphatic rings. The van der Waals surface area contributed by atoms with Gasteiger partial charge in [0.2, 0.25) is 5.91 Å². The quantitative estimate of drug-likeness (QED) is 0.694. The van der Waals surface area contributed by atoms with Gasteiger partial charge in [-0.2, -0.15) is 0 Å². The lowest BCUT2D eigenvalue weighted by Crippen LogP contribution is -2.42. The van der Waals surface area contributed by atoms with Crippen molar-refractivity contribution in [3.8, 4) is 0 Å². The number of hydrogen-bond acceptors (Lipinski definition) is 3. The van der Waals surface area contributed by atoms with Crippen LogP contribution < -0.4 is 10.6 Å². The lowest BCUT2D eigenvalue weighted by atomic mass is 9.92. The van der Waals surface area contributed by atoms with Gasteiger partial charge in [0.15, 0.2) is 0 Å². The molecule has 2 atom stereocenters. The summed E-state index contributed by atoms with van der Waals surface area (Å²) in [5, 5.41) is 6.06. The van der Waals surface area contributed by atoms with Crippen LogP contribution in [0.25, 0.3) is 0 Å². The molecule has 0 saturated carbocycles.